The van der Waals surface area contributed by atoms with Crippen molar-refractivity contribution >= 4 is 27.9 Å². The Morgan fingerprint density at radius 3 is 2.05 bits per heavy atom. The third-order valence-corrected chi connectivity index (χ3v) is 3.71. The van der Waals surface area contributed by atoms with Crippen molar-refractivity contribution < 1.29 is 19.1 Å². The van der Waals surface area contributed by atoms with Crippen LogP contribution in [0.5, 0.6) is 0 Å². The molecule has 1 aromatic rings. The summed E-state index contributed by atoms with van der Waals surface area (Å²) in [5, 5.41) is 1.03. The molecule has 1 aromatic carbocycles. The summed E-state index contributed by atoms with van der Waals surface area (Å²) in [7, 11) is 0. The summed E-state index contributed by atoms with van der Waals surface area (Å²) in [5.41, 5.74) is 0.520. The van der Waals surface area contributed by atoms with Crippen LogP contribution < -0.4 is 0 Å². The zero-order valence-corrected chi connectivity index (χ0v) is 14.6. The third-order valence-electron chi connectivity index (χ3n) is 3.15. The van der Waals surface area contributed by atoms with Crippen LogP contribution in [0.4, 0.5) is 0 Å². The Kier molecular flexibility index (Phi) is 9.55. The molecule has 0 fully saturated rings. The van der Waals surface area contributed by atoms with Crippen LogP contribution in [0.25, 0.3) is 0 Å². The molecule has 0 atom stereocenters. The van der Waals surface area contributed by atoms with Crippen LogP contribution in [-0.4, -0.2) is 30.5 Å². The van der Waals surface area contributed by atoms with Gasteiger partial charge in [0.1, 0.15) is 0 Å². The van der Waals surface area contributed by atoms with Crippen LogP contribution in [0, 0.1) is 0 Å². The molecule has 0 radical (unpaired) electrons. The second-order valence-corrected chi connectivity index (χ2v) is 5.65. The number of carbonyl (C=O) groups excluding carboxylic acids is 2. The maximum Gasteiger partial charge on any atom is 0.339 e. The maximum absolute atomic E-state index is 12.1. The highest BCUT2D eigenvalue weighted by atomic mass is 79.9. The van der Waals surface area contributed by atoms with E-state index in [1.54, 1.807) is 31.2 Å². The molecular formula is C17H23BrO4. The number of ether oxygens (including phenoxy) is 2. The predicted molar refractivity (Wildman–Crippen MR) is 89.6 cm³/mol. The molecule has 1 rings (SSSR count). The summed E-state index contributed by atoms with van der Waals surface area (Å²) >= 11 is 3.40. The van der Waals surface area contributed by atoms with Gasteiger partial charge in [-0.05, 0) is 31.9 Å². The molecule has 0 aromatic heterocycles. The van der Waals surface area contributed by atoms with Gasteiger partial charge in [0.25, 0.3) is 0 Å². The summed E-state index contributed by atoms with van der Waals surface area (Å²) < 4.78 is 10.2. The molecule has 0 aliphatic rings. The van der Waals surface area contributed by atoms with Gasteiger partial charge in [0, 0.05) is 5.33 Å². The van der Waals surface area contributed by atoms with Crippen molar-refractivity contribution in [3.8, 4) is 0 Å². The molecule has 0 aliphatic carbocycles. The summed E-state index contributed by atoms with van der Waals surface area (Å²) in [6.07, 6.45) is 5.38. The lowest BCUT2D eigenvalue weighted by Crippen LogP contribution is -2.14. The van der Waals surface area contributed by atoms with Crippen LogP contribution in [0.2, 0.25) is 0 Å². The smallest absolute Gasteiger partial charge is 0.339 e. The molecule has 0 saturated heterocycles. The number of hydrogen-bond donors (Lipinski definition) is 0. The molecule has 5 heteroatoms. The lowest BCUT2D eigenvalue weighted by molar-refractivity contribution is 0.0462. The van der Waals surface area contributed by atoms with Gasteiger partial charge in [-0.1, -0.05) is 47.3 Å². The van der Waals surface area contributed by atoms with Gasteiger partial charge in [-0.15, -0.1) is 0 Å². The fourth-order valence-corrected chi connectivity index (χ4v) is 2.41. The second-order valence-electron chi connectivity index (χ2n) is 4.86. The molecule has 0 N–H and O–H groups in total. The van der Waals surface area contributed by atoms with Crippen molar-refractivity contribution in [1.29, 1.82) is 0 Å². The highest BCUT2D eigenvalue weighted by Gasteiger charge is 2.18. The molecule has 0 saturated carbocycles. The molecule has 0 spiro atoms. The first-order valence-electron chi connectivity index (χ1n) is 7.70. The minimum Gasteiger partial charge on any atom is -0.462 e. The average molecular weight is 371 g/mol. The topological polar surface area (TPSA) is 52.6 Å². The van der Waals surface area contributed by atoms with E-state index in [1.807, 2.05) is 0 Å². The van der Waals surface area contributed by atoms with Crippen LogP contribution in [0.15, 0.2) is 24.3 Å². The van der Waals surface area contributed by atoms with Crippen molar-refractivity contribution in [2.24, 2.45) is 0 Å². The fraction of sp³-hybridized carbons (Fsp3) is 0.529. The largest absolute Gasteiger partial charge is 0.462 e. The van der Waals surface area contributed by atoms with Crippen LogP contribution >= 0.6 is 15.9 Å². The Balaban J connectivity index is 2.44. The van der Waals surface area contributed by atoms with E-state index in [4.69, 9.17) is 9.47 Å². The number of unbranched alkanes of at least 4 members (excludes halogenated alkanes) is 4. The molecule has 0 bridgehead atoms. The van der Waals surface area contributed by atoms with Gasteiger partial charge in [-0.3, -0.25) is 0 Å². The zero-order valence-electron chi connectivity index (χ0n) is 13.0. The third kappa shape index (κ3) is 6.60. The lowest BCUT2D eigenvalue weighted by atomic mass is 10.1. The summed E-state index contributed by atoms with van der Waals surface area (Å²) in [5.74, 6) is -0.964. The van der Waals surface area contributed by atoms with E-state index in [0.29, 0.717) is 6.61 Å². The van der Waals surface area contributed by atoms with E-state index in [9.17, 15) is 9.59 Å². The quantitative estimate of drug-likeness (QED) is 0.348. The van der Waals surface area contributed by atoms with E-state index in [-0.39, 0.29) is 17.7 Å². The Hall–Kier alpha value is -1.36. The van der Waals surface area contributed by atoms with Crippen molar-refractivity contribution in [3.63, 3.8) is 0 Å². The molecule has 22 heavy (non-hydrogen) atoms. The van der Waals surface area contributed by atoms with E-state index in [2.05, 4.69) is 15.9 Å². The Morgan fingerprint density at radius 1 is 0.909 bits per heavy atom. The molecule has 0 heterocycles. The van der Waals surface area contributed by atoms with E-state index in [1.165, 1.54) is 12.8 Å². The first-order chi connectivity index (χ1) is 10.7. The van der Waals surface area contributed by atoms with Crippen LogP contribution in [0.1, 0.15) is 59.7 Å². The standard InChI is InChI=1S/C17H23BrO4/c1-2-21-16(19)14-10-6-7-11-15(14)17(20)22-13-9-5-3-4-8-12-18/h6-7,10-11H,2-5,8-9,12-13H2,1H3. The van der Waals surface area contributed by atoms with Gasteiger partial charge in [0.2, 0.25) is 0 Å². The average Bonchev–Trinajstić information content (AvgIpc) is 2.54. The number of alkyl halides is 1. The number of rotatable bonds is 10. The first kappa shape index (κ1) is 18.7. The monoisotopic (exact) mass is 370 g/mol. The van der Waals surface area contributed by atoms with Gasteiger partial charge >= 0.3 is 11.9 Å². The SMILES string of the molecule is CCOC(=O)c1ccccc1C(=O)OCCCCCCCBr. The Bertz CT molecular complexity index is 473. The molecular weight excluding hydrogens is 348 g/mol. The predicted octanol–water partition coefficient (Wildman–Crippen LogP) is 4.37. The van der Waals surface area contributed by atoms with Crippen molar-refractivity contribution in [2.45, 2.75) is 39.0 Å². The maximum atomic E-state index is 12.1. The molecule has 122 valence electrons. The highest BCUT2D eigenvalue weighted by molar-refractivity contribution is 9.09. The van der Waals surface area contributed by atoms with E-state index >= 15 is 0 Å². The molecule has 0 amide bonds. The molecule has 0 unspecified atom stereocenters. The van der Waals surface area contributed by atoms with Crippen molar-refractivity contribution in [2.75, 3.05) is 18.5 Å². The van der Waals surface area contributed by atoms with Gasteiger partial charge < -0.3 is 9.47 Å². The van der Waals surface area contributed by atoms with Gasteiger partial charge in [-0.2, -0.15) is 0 Å². The van der Waals surface area contributed by atoms with E-state index in [0.717, 1.165) is 24.6 Å². The number of hydrogen-bond acceptors (Lipinski definition) is 4. The minimum atomic E-state index is -0.496. The Morgan fingerprint density at radius 2 is 1.45 bits per heavy atom. The minimum absolute atomic E-state index is 0.256. The van der Waals surface area contributed by atoms with Crippen LogP contribution in [-0.2, 0) is 9.47 Å². The highest BCUT2D eigenvalue weighted by Crippen LogP contribution is 2.13. The summed E-state index contributed by atoms with van der Waals surface area (Å²) in [4.78, 5) is 23.9. The van der Waals surface area contributed by atoms with Crippen molar-refractivity contribution in [1.82, 2.24) is 0 Å². The van der Waals surface area contributed by atoms with E-state index < -0.39 is 11.9 Å². The summed E-state index contributed by atoms with van der Waals surface area (Å²) in [6.45, 7) is 2.38. The summed E-state index contributed by atoms with van der Waals surface area (Å²) in [6, 6.07) is 6.58. The number of carbonyl (C=O) groups is 2. The fourth-order valence-electron chi connectivity index (χ4n) is 2.02. The zero-order chi connectivity index (χ0) is 16.2. The number of benzene rings is 1. The number of esters is 2. The van der Waals surface area contributed by atoms with Gasteiger partial charge in [0.05, 0.1) is 24.3 Å². The first-order valence-corrected chi connectivity index (χ1v) is 8.82. The van der Waals surface area contributed by atoms with Gasteiger partial charge in [0.15, 0.2) is 0 Å². The van der Waals surface area contributed by atoms with Crippen LogP contribution in [0.3, 0.4) is 0 Å². The lowest BCUT2D eigenvalue weighted by Gasteiger charge is -2.09. The Labute approximate surface area is 140 Å². The molecule has 4 nitrogen and oxygen atoms in total. The second kappa shape index (κ2) is 11.2. The molecule has 0 aliphatic heterocycles. The van der Waals surface area contributed by atoms with Gasteiger partial charge in [-0.25, -0.2) is 9.59 Å². The number of halogens is 1. The normalized spacial score (nSPS) is 10.3. The van der Waals surface area contributed by atoms with Crippen molar-refractivity contribution in [3.05, 3.63) is 35.4 Å².